The van der Waals surface area contributed by atoms with Crippen LogP contribution in [0.25, 0.3) is 5.65 Å². The Bertz CT molecular complexity index is 960. The number of pyridine rings is 1. The first-order valence-corrected chi connectivity index (χ1v) is 8.55. The van der Waals surface area contributed by atoms with Gasteiger partial charge in [-0.2, -0.15) is 0 Å². The van der Waals surface area contributed by atoms with Crippen LogP contribution in [-0.4, -0.2) is 22.3 Å². The number of rotatable bonds is 2. The SMILES string of the molecule is CNC(=O)c1cn2c(C)c(C)nc2c2c1CC[C@H](c1ccccc1)O2. The van der Waals surface area contributed by atoms with Crippen LogP contribution in [0.3, 0.4) is 0 Å². The molecule has 3 heterocycles. The van der Waals surface area contributed by atoms with Crippen molar-refractivity contribution in [2.24, 2.45) is 0 Å². The number of nitrogens with zero attached hydrogens (tertiary/aromatic N) is 2. The van der Waals surface area contributed by atoms with Crippen LogP contribution >= 0.6 is 0 Å². The third kappa shape index (κ3) is 2.47. The first-order chi connectivity index (χ1) is 12.1. The zero-order valence-electron chi connectivity index (χ0n) is 14.7. The van der Waals surface area contributed by atoms with Crippen molar-refractivity contribution < 1.29 is 9.53 Å². The van der Waals surface area contributed by atoms with Crippen LogP contribution in [0, 0.1) is 13.8 Å². The second-order valence-electron chi connectivity index (χ2n) is 6.46. The van der Waals surface area contributed by atoms with Gasteiger partial charge in [0.2, 0.25) is 0 Å². The molecule has 5 nitrogen and oxygen atoms in total. The number of hydrogen-bond donors (Lipinski definition) is 1. The summed E-state index contributed by atoms with van der Waals surface area (Å²) in [5, 5.41) is 2.74. The molecule has 1 aromatic carbocycles. The molecule has 0 bridgehead atoms. The van der Waals surface area contributed by atoms with Crippen molar-refractivity contribution >= 4 is 11.6 Å². The molecule has 2 aromatic heterocycles. The summed E-state index contributed by atoms with van der Waals surface area (Å²) in [6, 6.07) is 10.2. The second kappa shape index (κ2) is 5.92. The zero-order chi connectivity index (χ0) is 17.6. The molecule has 25 heavy (non-hydrogen) atoms. The average molecular weight is 335 g/mol. The van der Waals surface area contributed by atoms with Gasteiger partial charge in [0.05, 0.1) is 11.3 Å². The first kappa shape index (κ1) is 15.7. The van der Waals surface area contributed by atoms with Crippen LogP contribution < -0.4 is 10.1 Å². The Balaban J connectivity index is 1.90. The molecule has 1 N–H and O–H groups in total. The van der Waals surface area contributed by atoms with Crippen molar-refractivity contribution in [3.05, 3.63) is 64.6 Å². The lowest BCUT2D eigenvalue weighted by molar-refractivity contribution is 0.0958. The molecule has 3 aromatic rings. The molecule has 0 aliphatic carbocycles. The highest BCUT2D eigenvalue weighted by Crippen LogP contribution is 2.39. The molecule has 0 fully saturated rings. The van der Waals surface area contributed by atoms with Crippen molar-refractivity contribution in [3.63, 3.8) is 0 Å². The van der Waals surface area contributed by atoms with E-state index in [4.69, 9.17) is 4.74 Å². The van der Waals surface area contributed by atoms with E-state index in [0.717, 1.165) is 46.8 Å². The molecule has 1 amide bonds. The largest absolute Gasteiger partial charge is 0.481 e. The van der Waals surface area contributed by atoms with Crippen LogP contribution in [-0.2, 0) is 6.42 Å². The lowest BCUT2D eigenvalue weighted by Gasteiger charge is -2.28. The highest BCUT2D eigenvalue weighted by atomic mass is 16.5. The van der Waals surface area contributed by atoms with Crippen molar-refractivity contribution in [1.29, 1.82) is 0 Å². The summed E-state index contributed by atoms with van der Waals surface area (Å²) in [7, 11) is 1.65. The topological polar surface area (TPSA) is 55.6 Å². The van der Waals surface area contributed by atoms with Gasteiger partial charge in [-0.25, -0.2) is 4.98 Å². The van der Waals surface area contributed by atoms with Gasteiger partial charge in [-0.3, -0.25) is 4.79 Å². The highest BCUT2D eigenvalue weighted by molar-refractivity contribution is 5.97. The Morgan fingerprint density at radius 3 is 2.76 bits per heavy atom. The van der Waals surface area contributed by atoms with E-state index < -0.39 is 0 Å². The van der Waals surface area contributed by atoms with Gasteiger partial charge in [-0.1, -0.05) is 30.3 Å². The summed E-state index contributed by atoms with van der Waals surface area (Å²) >= 11 is 0. The third-order valence-corrected chi connectivity index (χ3v) is 5.01. The minimum atomic E-state index is -0.0920. The van der Waals surface area contributed by atoms with Gasteiger partial charge in [0.15, 0.2) is 11.4 Å². The Morgan fingerprint density at radius 2 is 2.04 bits per heavy atom. The van der Waals surface area contributed by atoms with Gasteiger partial charge < -0.3 is 14.5 Å². The Hall–Kier alpha value is -2.82. The molecule has 0 saturated heterocycles. The summed E-state index contributed by atoms with van der Waals surface area (Å²) in [5.74, 6) is 0.642. The molecule has 0 radical (unpaired) electrons. The molecule has 1 aliphatic rings. The molecule has 0 saturated carbocycles. The smallest absolute Gasteiger partial charge is 0.252 e. The number of hydrogen-bond acceptors (Lipinski definition) is 3. The molecule has 128 valence electrons. The van der Waals surface area contributed by atoms with E-state index in [9.17, 15) is 4.79 Å². The summed E-state index contributed by atoms with van der Waals surface area (Å²) in [5.41, 5.74) is 5.52. The third-order valence-electron chi connectivity index (χ3n) is 5.01. The quantitative estimate of drug-likeness (QED) is 0.781. The molecular formula is C20H21N3O2. The minimum Gasteiger partial charge on any atom is -0.481 e. The molecule has 1 atom stereocenters. The van der Waals surface area contributed by atoms with Crippen LogP contribution in [0.1, 0.15) is 45.4 Å². The number of nitrogens with one attached hydrogen (secondary N) is 1. The Morgan fingerprint density at radius 1 is 1.28 bits per heavy atom. The zero-order valence-corrected chi connectivity index (χ0v) is 14.7. The van der Waals surface area contributed by atoms with Gasteiger partial charge in [-0.05, 0) is 32.3 Å². The second-order valence-corrected chi connectivity index (χ2v) is 6.46. The van der Waals surface area contributed by atoms with E-state index in [-0.39, 0.29) is 12.0 Å². The van der Waals surface area contributed by atoms with E-state index in [1.54, 1.807) is 7.05 Å². The molecule has 0 unspecified atom stereocenters. The van der Waals surface area contributed by atoms with Crippen molar-refractivity contribution in [2.45, 2.75) is 32.8 Å². The van der Waals surface area contributed by atoms with Crippen LogP contribution in [0.5, 0.6) is 5.75 Å². The molecule has 1 aliphatic heterocycles. The fraction of sp³-hybridized carbons (Fsp3) is 0.300. The lowest BCUT2D eigenvalue weighted by atomic mass is 9.95. The Kier molecular flexibility index (Phi) is 3.71. The minimum absolute atomic E-state index is 0.0188. The van der Waals surface area contributed by atoms with Crippen molar-refractivity contribution in [2.75, 3.05) is 7.05 Å². The van der Waals surface area contributed by atoms with Crippen LogP contribution in [0.2, 0.25) is 0 Å². The van der Waals surface area contributed by atoms with Crippen molar-refractivity contribution in [3.8, 4) is 5.75 Å². The summed E-state index contributed by atoms with van der Waals surface area (Å²) in [4.78, 5) is 17.1. The average Bonchev–Trinajstić information content (AvgIpc) is 2.95. The molecule has 4 rings (SSSR count). The number of fused-ring (bicyclic) bond motifs is 3. The number of carbonyl (C=O) groups excluding carboxylic acids is 1. The fourth-order valence-corrected chi connectivity index (χ4v) is 3.49. The van der Waals surface area contributed by atoms with E-state index in [2.05, 4.69) is 22.4 Å². The number of ether oxygens (including phenoxy) is 1. The van der Waals surface area contributed by atoms with Crippen LogP contribution in [0.15, 0.2) is 36.5 Å². The van der Waals surface area contributed by atoms with Gasteiger partial charge in [0.25, 0.3) is 5.91 Å². The number of imidazole rings is 1. The van der Waals surface area contributed by atoms with E-state index in [1.165, 1.54) is 0 Å². The van der Waals surface area contributed by atoms with Crippen molar-refractivity contribution in [1.82, 2.24) is 14.7 Å². The monoisotopic (exact) mass is 335 g/mol. The molecule has 5 heteroatoms. The summed E-state index contributed by atoms with van der Waals surface area (Å²) < 4.78 is 8.34. The van der Waals surface area contributed by atoms with E-state index >= 15 is 0 Å². The maximum Gasteiger partial charge on any atom is 0.252 e. The van der Waals surface area contributed by atoms with Gasteiger partial charge in [0.1, 0.15) is 6.10 Å². The number of aromatic nitrogens is 2. The number of carbonyl (C=O) groups is 1. The predicted molar refractivity (Wildman–Crippen MR) is 96.2 cm³/mol. The lowest BCUT2D eigenvalue weighted by Crippen LogP contribution is -2.24. The molecular weight excluding hydrogens is 314 g/mol. The van der Waals surface area contributed by atoms with Gasteiger partial charge >= 0.3 is 0 Å². The number of aryl methyl sites for hydroxylation is 2. The molecule has 0 spiro atoms. The maximum atomic E-state index is 12.4. The summed E-state index contributed by atoms with van der Waals surface area (Å²) in [6.07, 6.45) is 3.50. The van der Waals surface area contributed by atoms with Gasteiger partial charge in [-0.15, -0.1) is 0 Å². The summed E-state index contributed by atoms with van der Waals surface area (Å²) in [6.45, 7) is 3.98. The normalized spacial score (nSPS) is 16.4. The van der Waals surface area contributed by atoms with Gasteiger partial charge in [0, 0.05) is 24.5 Å². The van der Waals surface area contributed by atoms with Crippen LogP contribution in [0.4, 0.5) is 0 Å². The number of amides is 1. The predicted octanol–water partition coefficient (Wildman–Crippen LogP) is 3.38. The maximum absolute atomic E-state index is 12.4. The van der Waals surface area contributed by atoms with E-state index in [0.29, 0.717) is 5.56 Å². The Labute approximate surface area is 146 Å². The first-order valence-electron chi connectivity index (χ1n) is 8.55. The van der Waals surface area contributed by atoms with E-state index in [1.807, 2.05) is 42.6 Å². The fourth-order valence-electron chi connectivity index (χ4n) is 3.49. The highest BCUT2D eigenvalue weighted by Gasteiger charge is 2.29. The standard InChI is InChI=1S/C20H21N3O2/c1-12-13(2)23-11-16(20(24)21-3)15-9-10-17(14-7-5-4-6-8-14)25-18(15)19(23)22-12/h4-8,11,17H,9-10H2,1-3H3,(H,21,24)/t17-/m1/s1. The number of benzene rings is 1.